The topological polar surface area (TPSA) is 78.0 Å². The second-order valence-corrected chi connectivity index (χ2v) is 7.39. The highest BCUT2D eigenvalue weighted by atomic mass is 31.0. The molecule has 24 heavy (non-hydrogen) atoms. The highest BCUT2D eigenvalue weighted by molar-refractivity contribution is 7.27. The molecular formula is C18H22N3O2P. The van der Waals surface area contributed by atoms with E-state index in [2.05, 4.69) is 32.5 Å². The third-order valence-electron chi connectivity index (χ3n) is 4.22. The summed E-state index contributed by atoms with van der Waals surface area (Å²) in [5.41, 5.74) is 8.85. The molecule has 0 aliphatic heterocycles. The van der Waals surface area contributed by atoms with E-state index in [1.165, 1.54) is 18.4 Å². The van der Waals surface area contributed by atoms with Crippen molar-refractivity contribution in [1.29, 1.82) is 0 Å². The van der Waals surface area contributed by atoms with Gasteiger partial charge in [0, 0.05) is 11.6 Å². The van der Waals surface area contributed by atoms with E-state index in [0.717, 1.165) is 26.8 Å². The second-order valence-electron chi connectivity index (χ2n) is 6.72. The number of rotatable bonds is 5. The van der Waals surface area contributed by atoms with Crippen molar-refractivity contribution >= 4 is 20.5 Å². The molecule has 1 aliphatic rings. The maximum Gasteiger partial charge on any atom is 0.267 e. The number of aromatic nitrogens is 2. The quantitative estimate of drug-likeness (QED) is 0.842. The van der Waals surface area contributed by atoms with Crippen LogP contribution in [0.4, 0.5) is 0 Å². The van der Waals surface area contributed by atoms with E-state index in [0.29, 0.717) is 5.92 Å². The van der Waals surface area contributed by atoms with Gasteiger partial charge in [0.2, 0.25) is 5.91 Å². The molecule has 0 spiro atoms. The summed E-state index contributed by atoms with van der Waals surface area (Å²) in [6, 6.07) is 7.97. The Labute approximate surface area is 143 Å². The minimum absolute atomic E-state index is 0.122. The van der Waals surface area contributed by atoms with Crippen LogP contribution in [0.3, 0.4) is 0 Å². The van der Waals surface area contributed by atoms with Crippen LogP contribution in [0.15, 0.2) is 29.1 Å². The lowest BCUT2D eigenvalue weighted by Crippen LogP contribution is -2.31. The maximum atomic E-state index is 12.3. The van der Waals surface area contributed by atoms with Crippen molar-refractivity contribution in [3.05, 3.63) is 45.9 Å². The minimum atomic E-state index is -0.574. The van der Waals surface area contributed by atoms with Crippen LogP contribution in [0.25, 0.3) is 11.1 Å². The lowest BCUT2D eigenvalue weighted by atomic mass is 9.96. The monoisotopic (exact) mass is 343 g/mol. The van der Waals surface area contributed by atoms with Gasteiger partial charge in [0.25, 0.3) is 5.56 Å². The summed E-state index contributed by atoms with van der Waals surface area (Å²) in [6.07, 6.45) is 2.45. The Morgan fingerprint density at radius 1 is 1.33 bits per heavy atom. The molecule has 0 bridgehead atoms. The number of nitrogens with zero attached hydrogens (tertiary/aromatic N) is 2. The third kappa shape index (κ3) is 3.57. The predicted molar refractivity (Wildman–Crippen MR) is 98.5 cm³/mol. The van der Waals surface area contributed by atoms with Crippen LogP contribution in [0, 0.1) is 0 Å². The number of hydrogen-bond acceptors (Lipinski definition) is 3. The molecule has 3 rings (SSSR count). The number of primary amides is 1. The smallest absolute Gasteiger partial charge is 0.267 e. The van der Waals surface area contributed by atoms with Gasteiger partial charge < -0.3 is 5.73 Å². The van der Waals surface area contributed by atoms with Gasteiger partial charge in [-0.25, -0.2) is 4.68 Å². The summed E-state index contributed by atoms with van der Waals surface area (Å²) in [5.74, 6) is 0.183. The van der Waals surface area contributed by atoms with Crippen LogP contribution >= 0.6 is 9.24 Å². The average Bonchev–Trinajstić information content (AvgIpc) is 3.32. The standard InChI is InChI=1S/C18H22N3O2P/c1-10(2)18-15(8-17(23)21(20-18)9-16(19)22)13-5-12(11-3-4-11)6-14(24)7-13/h5-8,10-11H,3-4,9,24H2,1-2H3,(H2,19,22). The molecule has 0 saturated heterocycles. The molecule has 1 unspecified atom stereocenters. The third-order valence-corrected chi connectivity index (χ3v) is 4.55. The Morgan fingerprint density at radius 3 is 2.62 bits per heavy atom. The average molecular weight is 343 g/mol. The molecule has 1 amide bonds. The largest absolute Gasteiger partial charge is 0.368 e. The molecule has 1 heterocycles. The Kier molecular flexibility index (Phi) is 4.55. The molecule has 126 valence electrons. The van der Waals surface area contributed by atoms with E-state index in [4.69, 9.17) is 5.73 Å². The van der Waals surface area contributed by atoms with E-state index in [1.54, 1.807) is 6.07 Å². The second kappa shape index (κ2) is 6.48. The number of amides is 1. The van der Waals surface area contributed by atoms with E-state index in [-0.39, 0.29) is 18.0 Å². The fourth-order valence-electron chi connectivity index (χ4n) is 2.91. The summed E-state index contributed by atoms with van der Waals surface area (Å²) in [5, 5.41) is 5.51. The summed E-state index contributed by atoms with van der Waals surface area (Å²) in [7, 11) is 2.74. The van der Waals surface area contributed by atoms with Crippen molar-refractivity contribution in [2.75, 3.05) is 0 Å². The van der Waals surface area contributed by atoms with Gasteiger partial charge in [0.15, 0.2) is 0 Å². The number of nitrogens with two attached hydrogens (primary N) is 1. The number of hydrogen-bond donors (Lipinski definition) is 1. The van der Waals surface area contributed by atoms with Gasteiger partial charge in [-0.15, -0.1) is 9.24 Å². The Morgan fingerprint density at radius 2 is 2.04 bits per heavy atom. The highest BCUT2D eigenvalue weighted by Crippen LogP contribution is 2.41. The molecule has 1 aliphatic carbocycles. The zero-order valence-electron chi connectivity index (χ0n) is 14.0. The first-order valence-electron chi connectivity index (χ1n) is 8.16. The normalized spacial score (nSPS) is 14.2. The predicted octanol–water partition coefficient (Wildman–Crippen LogP) is 1.90. The van der Waals surface area contributed by atoms with Gasteiger partial charge in [-0.1, -0.05) is 26.0 Å². The summed E-state index contributed by atoms with van der Waals surface area (Å²) >= 11 is 0. The molecule has 5 nitrogen and oxygen atoms in total. The summed E-state index contributed by atoms with van der Waals surface area (Å²) in [6.45, 7) is 3.85. The fraction of sp³-hybridized carbons (Fsp3) is 0.389. The lowest BCUT2D eigenvalue weighted by Gasteiger charge is -2.15. The Bertz CT molecular complexity index is 854. The lowest BCUT2D eigenvalue weighted by molar-refractivity contribution is -0.118. The molecule has 1 atom stereocenters. The van der Waals surface area contributed by atoms with Crippen molar-refractivity contribution in [2.24, 2.45) is 5.73 Å². The molecule has 1 aromatic carbocycles. The molecule has 1 aromatic heterocycles. The van der Waals surface area contributed by atoms with E-state index in [1.807, 2.05) is 13.8 Å². The van der Waals surface area contributed by atoms with Crippen LogP contribution in [0.1, 0.15) is 49.8 Å². The van der Waals surface area contributed by atoms with Crippen LogP contribution in [-0.2, 0) is 11.3 Å². The van der Waals surface area contributed by atoms with Gasteiger partial charge in [-0.2, -0.15) is 5.10 Å². The summed E-state index contributed by atoms with van der Waals surface area (Å²) in [4.78, 5) is 23.5. The maximum absolute atomic E-state index is 12.3. The minimum Gasteiger partial charge on any atom is -0.368 e. The molecule has 1 saturated carbocycles. The van der Waals surface area contributed by atoms with Crippen molar-refractivity contribution < 1.29 is 4.79 Å². The molecule has 2 N–H and O–H groups in total. The van der Waals surface area contributed by atoms with Crippen LogP contribution in [-0.4, -0.2) is 15.7 Å². The van der Waals surface area contributed by atoms with Crippen LogP contribution in [0.5, 0.6) is 0 Å². The van der Waals surface area contributed by atoms with Gasteiger partial charge in [-0.3, -0.25) is 9.59 Å². The molecule has 0 radical (unpaired) electrons. The SMILES string of the molecule is CC(C)c1nn(CC(N)=O)c(=O)cc1-c1cc(P)cc(C2CC2)c1. The van der Waals surface area contributed by atoms with Crippen LogP contribution < -0.4 is 16.6 Å². The van der Waals surface area contributed by atoms with Crippen molar-refractivity contribution in [1.82, 2.24) is 9.78 Å². The Hall–Kier alpha value is -2.00. The first kappa shape index (κ1) is 16.8. The van der Waals surface area contributed by atoms with Crippen molar-refractivity contribution in [3.63, 3.8) is 0 Å². The number of benzene rings is 1. The zero-order valence-corrected chi connectivity index (χ0v) is 15.1. The molecule has 2 aromatic rings. The Balaban J connectivity index is 2.14. The first-order valence-corrected chi connectivity index (χ1v) is 8.74. The van der Waals surface area contributed by atoms with Crippen molar-refractivity contribution in [2.45, 2.75) is 45.1 Å². The fourth-order valence-corrected chi connectivity index (χ4v) is 3.28. The zero-order chi connectivity index (χ0) is 17.4. The molecule has 6 heteroatoms. The highest BCUT2D eigenvalue weighted by Gasteiger charge is 2.24. The van der Waals surface area contributed by atoms with Gasteiger partial charge in [0.05, 0.1) is 5.69 Å². The van der Waals surface area contributed by atoms with Crippen molar-refractivity contribution in [3.8, 4) is 11.1 Å². The van der Waals surface area contributed by atoms with E-state index < -0.39 is 5.91 Å². The van der Waals surface area contributed by atoms with Gasteiger partial charge in [0.1, 0.15) is 6.54 Å². The van der Waals surface area contributed by atoms with Crippen LogP contribution in [0.2, 0.25) is 0 Å². The molecular weight excluding hydrogens is 321 g/mol. The number of carbonyl (C=O) groups is 1. The molecule has 1 fully saturated rings. The van der Waals surface area contributed by atoms with E-state index in [9.17, 15) is 9.59 Å². The van der Waals surface area contributed by atoms with Gasteiger partial charge in [-0.05, 0) is 47.2 Å². The number of carbonyl (C=O) groups excluding carboxylic acids is 1. The summed E-state index contributed by atoms with van der Waals surface area (Å²) < 4.78 is 1.15. The first-order chi connectivity index (χ1) is 11.3. The van der Waals surface area contributed by atoms with E-state index >= 15 is 0 Å². The van der Waals surface area contributed by atoms with Gasteiger partial charge >= 0.3 is 0 Å².